The topological polar surface area (TPSA) is 74.2 Å². The van der Waals surface area contributed by atoms with Gasteiger partial charge in [-0.1, -0.05) is 11.6 Å². The fraction of sp³-hybridized carbons (Fsp3) is 0.625. The number of aromatic nitrogens is 1. The van der Waals surface area contributed by atoms with Crippen LogP contribution in [0.5, 0.6) is 0 Å². The minimum atomic E-state index is -0.272. The fourth-order valence-electron chi connectivity index (χ4n) is 4.14. The summed E-state index contributed by atoms with van der Waals surface area (Å²) in [6.07, 6.45) is 3.42. The molecule has 3 N–H and O–H groups in total. The number of rotatable bonds is 3. The first-order chi connectivity index (χ1) is 10.5. The molecular weight excluding hydrogens is 302 g/mol. The van der Waals surface area contributed by atoms with Gasteiger partial charge in [0.1, 0.15) is 0 Å². The van der Waals surface area contributed by atoms with Gasteiger partial charge in [0, 0.05) is 24.3 Å². The molecule has 2 bridgehead atoms. The monoisotopic (exact) mass is 323 g/mol. The number of hydrogen-bond donors (Lipinski definition) is 3. The molecule has 3 rings (SSSR count). The number of halogens is 1. The minimum Gasteiger partial charge on any atom is -0.396 e. The number of aliphatic hydroxyl groups is 1. The van der Waals surface area contributed by atoms with E-state index in [0.717, 1.165) is 24.1 Å². The number of carbonyl (C=O) groups excluding carboxylic acids is 1. The summed E-state index contributed by atoms with van der Waals surface area (Å²) >= 11 is 6.12. The van der Waals surface area contributed by atoms with E-state index in [4.69, 9.17) is 11.6 Å². The van der Waals surface area contributed by atoms with E-state index in [2.05, 4.69) is 15.6 Å². The molecule has 4 unspecified atom stereocenters. The smallest absolute Gasteiger partial charge is 0.319 e. The van der Waals surface area contributed by atoms with E-state index in [1.165, 1.54) is 6.42 Å². The van der Waals surface area contributed by atoms with Crippen LogP contribution in [-0.4, -0.2) is 28.8 Å². The van der Waals surface area contributed by atoms with Crippen LogP contribution in [0.15, 0.2) is 6.07 Å². The maximum atomic E-state index is 12.3. The maximum Gasteiger partial charge on any atom is 0.319 e. The third kappa shape index (κ3) is 2.79. The number of hydrogen-bond acceptors (Lipinski definition) is 3. The van der Waals surface area contributed by atoms with E-state index >= 15 is 0 Å². The third-order valence-electron chi connectivity index (χ3n) is 5.14. The summed E-state index contributed by atoms with van der Waals surface area (Å²) in [6.45, 7) is 3.89. The highest BCUT2D eigenvalue weighted by molar-refractivity contribution is 6.32. The molecule has 0 spiro atoms. The van der Waals surface area contributed by atoms with E-state index in [1.807, 2.05) is 19.9 Å². The molecule has 4 atom stereocenters. The van der Waals surface area contributed by atoms with Gasteiger partial charge in [-0.05, 0) is 56.6 Å². The molecule has 1 heterocycles. The summed E-state index contributed by atoms with van der Waals surface area (Å²) in [7, 11) is 0. The first kappa shape index (κ1) is 15.6. The van der Waals surface area contributed by atoms with E-state index in [-0.39, 0.29) is 24.6 Å². The van der Waals surface area contributed by atoms with Gasteiger partial charge in [0.2, 0.25) is 0 Å². The molecule has 2 fully saturated rings. The molecule has 1 aromatic rings. The Bertz CT molecular complexity index is 570. The Morgan fingerprint density at radius 1 is 1.41 bits per heavy atom. The quantitative estimate of drug-likeness (QED) is 0.749. The van der Waals surface area contributed by atoms with Gasteiger partial charge < -0.3 is 15.7 Å². The number of aryl methyl sites for hydroxylation is 2. The summed E-state index contributed by atoms with van der Waals surface area (Å²) in [5.74, 6) is 1.21. The molecule has 6 heteroatoms. The van der Waals surface area contributed by atoms with Gasteiger partial charge in [0.05, 0.1) is 5.69 Å². The molecule has 2 aliphatic carbocycles. The molecule has 0 saturated heterocycles. The van der Waals surface area contributed by atoms with Crippen LogP contribution in [0.2, 0.25) is 5.15 Å². The molecule has 2 aliphatic rings. The molecular formula is C16H22ClN3O2. The van der Waals surface area contributed by atoms with Crippen molar-refractivity contribution in [2.75, 3.05) is 11.9 Å². The predicted molar refractivity (Wildman–Crippen MR) is 86.1 cm³/mol. The van der Waals surface area contributed by atoms with Crippen LogP contribution in [-0.2, 0) is 0 Å². The number of carbonyl (C=O) groups is 1. The van der Waals surface area contributed by atoms with Crippen LogP contribution >= 0.6 is 11.6 Å². The van der Waals surface area contributed by atoms with Crippen molar-refractivity contribution in [3.63, 3.8) is 0 Å². The Balaban J connectivity index is 1.68. The van der Waals surface area contributed by atoms with Crippen LogP contribution in [0.25, 0.3) is 0 Å². The second-order valence-electron chi connectivity index (χ2n) is 6.55. The molecule has 2 saturated carbocycles. The van der Waals surface area contributed by atoms with Crippen molar-refractivity contribution < 1.29 is 9.90 Å². The standard InChI is InChI=1S/C16H22ClN3O2/c1-8-5-9(2)18-15(17)13(8)19-16(22)20-14-11-4-3-10(6-11)12(14)7-21/h5,10-12,14,21H,3-4,6-7H2,1-2H3,(H2,19,20,22). The SMILES string of the molecule is Cc1cc(C)c(NC(=O)NC2C3CCC(C3)C2CO)c(Cl)n1. The number of anilines is 1. The zero-order valence-corrected chi connectivity index (χ0v) is 13.7. The Kier molecular flexibility index (Phi) is 4.28. The van der Waals surface area contributed by atoms with Crippen molar-refractivity contribution in [3.05, 3.63) is 22.5 Å². The Morgan fingerprint density at radius 2 is 2.14 bits per heavy atom. The largest absolute Gasteiger partial charge is 0.396 e. The summed E-state index contributed by atoms with van der Waals surface area (Å²) < 4.78 is 0. The maximum absolute atomic E-state index is 12.3. The normalized spacial score (nSPS) is 29.6. The molecule has 2 amide bonds. The molecule has 120 valence electrons. The highest BCUT2D eigenvalue weighted by Gasteiger charge is 2.47. The minimum absolute atomic E-state index is 0.0567. The molecule has 22 heavy (non-hydrogen) atoms. The van der Waals surface area contributed by atoms with Crippen molar-refractivity contribution >= 4 is 23.3 Å². The van der Waals surface area contributed by atoms with Crippen LogP contribution in [0.1, 0.15) is 30.5 Å². The van der Waals surface area contributed by atoms with Crippen molar-refractivity contribution in [3.8, 4) is 0 Å². The van der Waals surface area contributed by atoms with Gasteiger partial charge in [-0.15, -0.1) is 0 Å². The van der Waals surface area contributed by atoms with Crippen molar-refractivity contribution in [2.24, 2.45) is 17.8 Å². The van der Waals surface area contributed by atoms with Crippen LogP contribution in [0.4, 0.5) is 10.5 Å². The van der Waals surface area contributed by atoms with Gasteiger partial charge in [0.15, 0.2) is 5.15 Å². The second-order valence-corrected chi connectivity index (χ2v) is 6.91. The summed E-state index contributed by atoms with van der Waals surface area (Å²) in [5.41, 5.74) is 2.26. The lowest BCUT2D eigenvalue weighted by Crippen LogP contribution is -2.47. The summed E-state index contributed by atoms with van der Waals surface area (Å²) in [4.78, 5) is 16.5. The molecule has 0 radical (unpaired) electrons. The van der Waals surface area contributed by atoms with Crippen molar-refractivity contribution in [1.29, 1.82) is 0 Å². The van der Waals surface area contributed by atoms with Gasteiger partial charge in [-0.2, -0.15) is 0 Å². The molecule has 5 nitrogen and oxygen atoms in total. The van der Waals surface area contributed by atoms with Crippen LogP contribution in [0, 0.1) is 31.6 Å². The molecule has 0 aliphatic heterocycles. The molecule has 0 aromatic carbocycles. The lowest BCUT2D eigenvalue weighted by molar-refractivity contribution is 0.146. The first-order valence-electron chi connectivity index (χ1n) is 7.81. The number of fused-ring (bicyclic) bond motifs is 2. The molecule has 1 aromatic heterocycles. The highest BCUT2D eigenvalue weighted by atomic mass is 35.5. The number of amides is 2. The average molecular weight is 324 g/mol. The van der Waals surface area contributed by atoms with Gasteiger partial charge in [-0.25, -0.2) is 9.78 Å². The number of aliphatic hydroxyl groups excluding tert-OH is 1. The van der Waals surface area contributed by atoms with Gasteiger partial charge >= 0.3 is 6.03 Å². The third-order valence-corrected chi connectivity index (χ3v) is 5.41. The average Bonchev–Trinajstić information content (AvgIpc) is 3.03. The zero-order valence-electron chi connectivity index (χ0n) is 12.9. The second kappa shape index (κ2) is 6.05. The number of nitrogens with zero attached hydrogens (tertiary/aromatic N) is 1. The van der Waals surface area contributed by atoms with Gasteiger partial charge in [0.25, 0.3) is 0 Å². The van der Waals surface area contributed by atoms with Crippen molar-refractivity contribution in [2.45, 2.75) is 39.2 Å². The number of pyridine rings is 1. The van der Waals surface area contributed by atoms with E-state index in [0.29, 0.717) is 22.7 Å². The zero-order chi connectivity index (χ0) is 15.9. The van der Waals surface area contributed by atoms with E-state index in [1.54, 1.807) is 0 Å². The van der Waals surface area contributed by atoms with Gasteiger partial charge in [-0.3, -0.25) is 0 Å². The number of urea groups is 1. The summed E-state index contributed by atoms with van der Waals surface area (Å²) in [6, 6.07) is 1.67. The Labute approximate surface area is 135 Å². The lowest BCUT2D eigenvalue weighted by Gasteiger charge is -2.30. The number of nitrogens with one attached hydrogen (secondary N) is 2. The van der Waals surface area contributed by atoms with E-state index < -0.39 is 0 Å². The van der Waals surface area contributed by atoms with Crippen LogP contribution < -0.4 is 10.6 Å². The van der Waals surface area contributed by atoms with Crippen molar-refractivity contribution in [1.82, 2.24) is 10.3 Å². The van der Waals surface area contributed by atoms with Crippen LogP contribution in [0.3, 0.4) is 0 Å². The highest BCUT2D eigenvalue weighted by Crippen LogP contribution is 2.48. The Hall–Kier alpha value is -1.33. The fourth-order valence-corrected chi connectivity index (χ4v) is 4.47. The Morgan fingerprint density at radius 3 is 2.82 bits per heavy atom. The summed E-state index contributed by atoms with van der Waals surface area (Å²) in [5, 5.41) is 15.7. The first-order valence-corrected chi connectivity index (χ1v) is 8.19. The lowest BCUT2D eigenvalue weighted by atomic mass is 9.85. The predicted octanol–water partition coefficient (Wildman–Crippen LogP) is 2.88. The van der Waals surface area contributed by atoms with E-state index in [9.17, 15) is 9.90 Å².